The van der Waals surface area contributed by atoms with Crippen LogP contribution in [0.25, 0.3) is 0 Å². The third-order valence-corrected chi connectivity index (χ3v) is 2.20. The largest absolute Gasteiger partial charge is 0.384 e. The van der Waals surface area contributed by atoms with E-state index in [9.17, 15) is 4.79 Å². The number of hydrogen-bond donors (Lipinski definition) is 2. The van der Waals surface area contributed by atoms with Gasteiger partial charge in [-0.25, -0.2) is 0 Å². The Bertz CT molecular complexity index is 302. The first-order chi connectivity index (χ1) is 6.00. The van der Waals surface area contributed by atoms with Crippen molar-refractivity contribution in [3.63, 3.8) is 0 Å². The Morgan fingerprint density at radius 2 is 2.46 bits per heavy atom. The van der Waals surface area contributed by atoms with Crippen LogP contribution in [0.15, 0.2) is 10.7 Å². The summed E-state index contributed by atoms with van der Waals surface area (Å²) in [5.74, 6) is -0.0501. The van der Waals surface area contributed by atoms with Gasteiger partial charge in [0.2, 0.25) is 0 Å². The van der Waals surface area contributed by atoms with E-state index < -0.39 is 12.0 Å². The molecule has 1 rings (SSSR count). The van der Waals surface area contributed by atoms with Crippen LogP contribution in [-0.4, -0.2) is 26.9 Å². The molecule has 1 unspecified atom stereocenters. The molecular formula is C7H10BrN3O2. The molecule has 0 aliphatic carbocycles. The zero-order chi connectivity index (χ0) is 10.0. The molecule has 0 aliphatic heterocycles. The fraction of sp³-hybridized carbons (Fsp3) is 0.429. The lowest BCUT2D eigenvalue weighted by Crippen LogP contribution is -2.24. The monoisotopic (exact) mass is 247 g/mol. The molecule has 6 heteroatoms. The Morgan fingerprint density at radius 3 is 2.85 bits per heavy atom. The smallest absolute Gasteiger partial charge is 0.254 e. The summed E-state index contributed by atoms with van der Waals surface area (Å²) in [4.78, 5) is 11.0. The highest BCUT2D eigenvalue weighted by Gasteiger charge is 2.11. The van der Waals surface area contributed by atoms with E-state index in [1.807, 2.05) is 0 Å². The number of amides is 1. The number of aryl methyl sites for hydroxylation is 1. The van der Waals surface area contributed by atoms with Crippen molar-refractivity contribution in [1.29, 1.82) is 0 Å². The highest BCUT2D eigenvalue weighted by molar-refractivity contribution is 9.10. The molecule has 1 amide bonds. The van der Waals surface area contributed by atoms with E-state index in [1.165, 1.54) is 6.92 Å². The quantitative estimate of drug-likeness (QED) is 0.800. The topological polar surface area (TPSA) is 67.2 Å². The number of hydrogen-bond acceptors (Lipinski definition) is 3. The third kappa shape index (κ3) is 2.53. The van der Waals surface area contributed by atoms with Crippen LogP contribution in [0.2, 0.25) is 0 Å². The van der Waals surface area contributed by atoms with Gasteiger partial charge in [-0.05, 0) is 22.9 Å². The fourth-order valence-corrected chi connectivity index (χ4v) is 1.03. The first-order valence-corrected chi connectivity index (χ1v) is 4.48. The normalized spacial score (nSPS) is 12.6. The molecule has 1 heterocycles. The van der Waals surface area contributed by atoms with Gasteiger partial charge >= 0.3 is 0 Å². The first kappa shape index (κ1) is 10.2. The molecule has 72 valence electrons. The highest BCUT2D eigenvalue weighted by atomic mass is 79.9. The molecule has 5 nitrogen and oxygen atoms in total. The van der Waals surface area contributed by atoms with Gasteiger partial charge in [0.05, 0.1) is 0 Å². The van der Waals surface area contributed by atoms with E-state index in [0.717, 1.165) is 4.60 Å². The Kier molecular flexibility index (Phi) is 3.05. The van der Waals surface area contributed by atoms with Crippen molar-refractivity contribution in [2.24, 2.45) is 7.05 Å². The van der Waals surface area contributed by atoms with Crippen molar-refractivity contribution in [1.82, 2.24) is 9.78 Å². The number of aliphatic hydroxyl groups is 1. The summed E-state index contributed by atoms with van der Waals surface area (Å²) < 4.78 is 2.32. The second-order valence-corrected chi connectivity index (χ2v) is 3.45. The van der Waals surface area contributed by atoms with Gasteiger partial charge in [0.25, 0.3) is 5.91 Å². The van der Waals surface area contributed by atoms with Crippen LogP contribution in [0.4, 0.5) is 5.82 Å². The lowest BCUT2D eigenvalue weighted by atomic mass is 10.4. The molecule has 0 aliphatic rings. The van der Waals surface area contributed by atoms with Crippen LogP contribution in [-0.2, 0) is 11.8 Å². The minimum Gasteiger partial charge on any atom is -0.384 e. The maximum atomic E-state index is 11.0. The second kappa shape index (κ2) is 3.89. The van der Waals surface area contributed by atoms with E-state index in [4.69, 9.17) is 5.11 Å². The number of rotatable bonds is 2. The zero-order valence-corrected chi connectivity index (χ0v) is 8.87. The number of carbonyl (C=O) groups is 1. The highest BCUT2D eigenvalue weighted by Crippen LogP contribution is 2.13. The zero-order valence-electron chi connectivity index (χ0n) is 7.28. The van der Waals surface area contributed by atoms with E-state index in [1.54, 1.807) is 17.8 Å². The Hall–Kier alpha value is -0.880. The lowest BCUT2D eigenvalue weighted by molar-refractivity contribution is -0.123. The van der Waals surface area contributed by atoms with Crippen molar-refractivity contribution >= 4 is 27.7 Å². The average Bonchev–Trinajstić information content (AvgIpc) is 2.31. The van der Waals surface area contributed by atoms with Crippen LogP contribution in [0.5, 0.6) is 0 Å². The summed E-state index contributed by atoms with van der Waals surface area (Å²) in [7, 11) is 1.74. The first-order valence-electron chi connectivity index (χ1n) is 3.69. The van der Waals surface area contributed by atoms with Crippen LogP contribution >= 0.6 is 15.9 Å². The Morgan fingerprint density at radius 1 is 1.85 bits per heavy atom. The molecule has 0 aromatic carbocycles. The molecule has 0 fully saturated rings. The molecule has 1 aromatic rings. The van der Waals surface area contributed by atoms with Crippen molar-refractivity contribution in [3.8, 4) is 0 Å². The van der Waals surface area contributed by atoms with Gasteiger partial charge in [-0.2, -0.15) is 5.10 Å². The number of anilines is 1. The van der Waals surface area contributed by atoms with Crippen molar-refractivity contribution in [2.45, 2.75) is 13.0 Å². The van der Waals surface area contributed by atoms with Crippen LogP contribution in [0.3, 0.4) is 0 Å². The lowest BCUT2D eigenvalue weighted by Gasteiger charge is -2.02. The SMILES string of the molecule is CC(O)C(=O)Nc1cc(Br)n(C)n1. The maximum absolute atomic E-state index is 11.0. The van der Waals surface area contributed by atoms with E-state index >= 15 is 0 Å². The van der Waals surface area contributed by atoms with Gasteiger partial charge in [-0.3, -0.25) is 9.48 Å². The van der Waals surface area contributed by atoms with Gasteiger partial charge in [-0.15, -0.1) is 0 Å². The van der Waals surface area contributed by atoms with Gasteiger partial charge in [0.15, 0.2) is 5.82 Å². The molecule has 0 saturated heterocycles. The fourth-order valence-electron chi connectivity index (χ4n) is 0.736. The number of aromatic nitrogens is 2. The van der Waals surface area contributed by atoms with E-state index in [0.29, 0.717) is 5.82 Å². The third-order valence-electron chi connectivity index (χ3n) is 1.45. The second-order valence-electron chi connectivity index (χ2n) is 2.64. The van der Waals surface area contributed by atoms with Crippen molar-refractivity contribution in [3.05, 3.63) is 10.7 Å². The van der Waals surface area contributed by atoms with Gasteiger partial charge in [0.1, 0.15) is 10.7 Å². The number of aliphatic hydroxyl groups excluding tert-OH is 1. The molecule has 13 heavy (non-hydrogen) atoms. The summed E-state index contributed by atoms with van der Waals surface area (Å²) in [5.41, 5.74) is 0. The predicted molar refractivity (Wildman–Crippen MR) is 51.2 cm³/mol. The summed E-state index contributed by atoms with van der Waals surface area (Å²) in [5, 5.41) is 15.3. The minimum absolute atomic E-state index is 0.417. The van der Waals surface area contributed by atoms with Crippen LogP contribution in [0, 0.1) is 0 Å². The molecule has 1 atom stereocenters. The number of nitrogens with one attached hydrogen (secondary N) is 1. The summed E-state index contributed by atoms with van der Waals surface area (Å²) in [6, 6.07) is 1.65. The van der Waals surface area contributed by atoms with Gasteiger partial charge in [0, 0.05) is 13.1 Å². The standard InChI is InChI=1S/C7H10BrN3O2/c1-4(12)7(13)9-6-3-5(8)11(2)10-6/h3-4,12H,1-2H3,(H,9,10,13). The van der Waals surface area contributed by atoms with Crippen LogP contribution < -0.4 is 5.32 Å². The van der Waals surface area contributed by atoms with Gasteiger partial charge in [-0.1, -0.05) is 0 Å². The molecule has 0 bridgehead atoms. The Labute approximate surface area is 83.9 Å². The molecule has 0 radical (unpaired) electrons. The van der Waals surface area contributed by atoms with E-state index in [-0.39, 0.29) is 0 Å². The van der Waals surface area contributed by atoms with Gasteiger partial charge < -0.3 is 10.4 Å². The summed E-state index contributed by atoms with van der Waals surface area (Å²) in [6.45, 7) is 1.40. The predicted octanol–water partition coefficient (Wildman–Crippen LogP) is 0.502. The Balaban J connectivity index is 2.70. The number of halogens is 1. The molecule has 2 N–H and O–H groups in total. The number of nitrogens with zero attached hydrogens (tertiary/aromatic N) is 2. The molecular weight excluding hydrogens is 238 g/mol. The maximum Gasteiger partial charge on any atom is 0.254 e. The van der Waals surface area contributed by atoms with Crippen molar-refractivity contribution < 1.29 is 9.90 Å². The average molecular weight is 248 g/mol. The summed E-state index contributed by atoms with van der Waals surface area (Å²) >= 11 is 3.23. The number of carbonyl (C=O) groups excluding carboxylic acids is 1. The van der Waals surface area contributed by atoms with Crippen molar-refractivity contribution in [2.75, 3.05) is 5.32 Å². The van der Waals surface area contributed by atoms with E-state index in [2.05, 4.69) is 26.3 Å². The summed E-state index contributed by atoms with van der Waals surface area (Å²) in [6.07, 6.45) is -1.03. The van der Waals surface area contributed by atoms with Crippen LogP contribution in [0.1, 0.15) is 6.92 Å². The molecule has 1 aromatic heterocycles. The molecule has 0 saturated carbocycles. The molecule has 0 spiro atoms. The minimum atomic E-state index is -1.03.